The van der Waals surface area contributed by atoms with Gasteiger partial charge in [-0.2, -0.15) is 0 Å². The number of sulfone groups is 1. The van der Waals surface area contributed by atoms with Gasteiger partial charge in [0.25, 0.3) is 0 Å². The second-order valence-corrected chi connectivity index (χ2v) is 8.96. The van der Waals surface area contributed by atoms with Gasteiger partial charge in [-0.05, 0) is 48.5 Å². The lowest BCUT2D eigenvalue weighted by atomic mass is 10.2. The highest BCUT2D eigenvalue weighted by atomic mass is 32.2. The highest BCUT2D eigenvalue weighted by molar-refractivity contribution is 8.00. The molecule has 0 atom stereocenters. The molecule has 0 saturated carbocycles. The van der Waals surface area contributed by atoms with Crippen LogP contribution in [-0.2, 0) is 14.6 Å². The maximum absolute atomic E-state index is 12.9. The molecular weight excluding hydrogens is 405 g/mol. The van der Waals surface area contributed by atoms with Crippen LogP contribution in [0.1, 0.15) is 6.92 Å². The van der Waals surface area contributed by atoms with Crippen molar-refractivity contribution in [1.82, 2.24) is 10.2 Å². The minimum atomic E-state index is -3.29. The predicted octanol–water partition coefficient (Wildman–Crippen LogP) is 3.40. The van der Waals surface area contributed by atoms with E-state index in [9.17, 15) is 17.6 Å². The molecule has 10 heteroatoms. The number of nitrogens with one attached hydrogen (secondary N) is 1. The average Bonchev–Trinajstić information content (AvgIpc) is 3.16. The molecule has 1 heterocycles. The fourth-order valence-corrected chi connectivity index (χ4v) is 3.78. The summed E-state index contributed by atoms with van der Waals surface area (Å²) in [5.41, 5.74) is 0.531. The molecule has 1 N–H and O–H groups in total. The first-order chi connectivity index (χ1) is 13.4. The zero-order valence-corrected chi connectivity index (χ0v) is 16.4. The molecule has 146 valence electrons. The van der Waals surface area contributed by atoms with Gasteiger partial charge in [0.15, 0.2) is 9.84 Å². The van der Waals surface area contributed by atoms with Crippen LogP contribution in [0.2, 0.25) is 0 Å². The van der Waals surface area contributed by atoms with Crippen molar-refractivity contribution in [3.05, 3.63) is 54.3 Å². The molecule has 3 rings (SSSR count). The topological polar surface area (TPSA) is 102 Å². The van der Waals surface area contributed by atoms with Crippen LogP contribution < -0.4 is 5.32 Å². The second kappa shape index (κ2) is 8.53. The summed E-state index contributed by atoms with van der Waals surface area (Å²) < 4.78 is 41.9. The molecule has 0 aliphatic heterocycles. The number of anilines is 1. The third kappa shape index (κ3) is 4.96. The fourth-order valence-electron chi connectivity index (χ4n) is 2.20. The maximum Gasteiger partial charge on any atom is 0.322 e. The summed E-state index contributed by atoms with van der Waals surface area (Å²) in [4.78, 5) is 13.0. The Hall–Kier alpha value is -2.72. The number of aromatic nitrogens is 2. The van der Waals surface area contributed by atoms with Crippen LogP contribution in [0.15, 0.2) is 62.7 Å². The average molecular weight is 421 g/mol. The Balaban J connectivity index is 1.60. The summed E-state index contributed by atoms with van der Waals surface area (Å²) in [7, 11) is -3.29. The summed E-state index contributed by atoms with van der Waals surface area (Å²) in [6.07, 6.45) is 0. The van der Waals surface area contributed by atoms with Crippen LogP contribution in [0.25, 0.3) is 11.5 Å². The van der Waals surface area contributed by atoms with E-state index in [4.69, 9.17) is 4.42 Å². The fraction of sp³-hybridized carbons (Fsp3) is 0.167. The standard InChI is InChI=1S/C18H16FN3O4S2/c1-2-28(24,25)15-9-3-12(4-10-15)17-21-22-18(26-17)20-16(23)11-27-14-7-5-13(19)6-8-14/h3-10H,2,11H2,1H3,(H,20,22,23). The highest BCUT2D eigenvalue weighted by Gasteiger charge is 2.14. The number of nitrogens with zero attached hydrogens (tertiary/aromatic N) is 2. The lowest BCUT2D eigenvalue weighted by molar-refractivity contribution is -0.113. The van der Waals surface area contributed by atoms with E-state index in [0.717, 1.165) is 4.90 Å². The third-order valence-corrected chi connectivity index (χ3v) is 6.46. The van der Waals surface area contributed by atoms with Crippen LogP contribution in [0.4, 0.5) is 10.4 Å². The van der Waals surface area contributed by atoms with E-state index in [2.05, 4.69) is 15.5 Å². The predicted molar refractivity (Wildman–Crippen MR) is 103 cm³/mol. The SMILES string of the molecule is CCS(=O)(=O)c1ccc(-c2nnc(NC(=O)CSc3ccc(F)cc3)o2)cc1. The molecular formula is C18H16FN3O4S2. The quantitative estimate of drug-likeness (QED) is 0.583. The summed E-state index contributed by atoms with van der Waals surface area (Å²) >= 11 is 1.24. The first-order valence-electron chi connectivity index (χ1n) is 8.22. The normalized spacial score (nSPS) is 11.4. The third-order valence-electron chi connectivity index (χ3n) is 3.70. The van der Waals surface area contributed by atoms with E-state index >= 15 is 0 Å². The van der Waals surface area contributed by atoms with Crippen LogP contribution in [0.3, 0.4) is 0 Å². The highest BCUT2D eigenvalue weighted by Crippen LogP contribution is 2.23. The summed E-state index contributed by atoms with van der Waals surface area (Å²) in [5, 5.41) is 10.1. The van der Waals surface area contributed by atoms with Crippen molar-refractivity contribution in [1.29, 1.82) is 0 Å². The monoisotopic (exact) mass is 421 g/mol. The van der Waals surface area contributed by atoms with E-state index in [0.29, 0.717) is 5.56 Å². The number of thioether (sulfide) groups is 1. The van der Waals surface area contributed by atoms with E-state index in [1.165, 1.54) is 36.0 Å². The molecule has 0 aliphatic rings. The van der Waals surface area contributed by atoms with Crippen LogP contribution in [0, 0.1) is 5.82 Å². The number of hydrogen-bond donors (Lipinski definition) is 1. The number of halogens is 1. The van der Waals surface area contributed by atoms with Gasteiger partial charge in [0.1, 0.15) is 5.82 Å². The minimum Gasteiger partial charge on any atom is -0.403 e. The van der Waals surface area contributed by atoms with Crippen molar-refractivity contribution in [3.63, 3.8) is 0 Å². The molecule has 7 nitrogen and oxygen atoms in total. The first-order valence-corrected chi connectivity index (χ1v) is 10.9. The van der Waals surface area contributed by atoms with Crippen molar-refractivity contribution in [2.75, 3.05) is 16.8 Å². The van der Waals surface area contributed by atoms with Crippen molar-refractivity contribution < 1.29 is 22.0 Å². The van der Waals surface area contributed by atoms with Crippen LogP contribution >= 0.6 is 11.8 Å². The van der Waals surface area contributed by atoms with Gasteiger partial charge >= 0.3 is 6.01 Å². The largest absolute Gasteiger partial charge is 0.403 e. The van der Waals surface area contributed by atoms with Crippen molar-refractivity contribution in [2.24, 2.45) is 0 Å². The molecule has 28 heavy (non-hydrogen) atoms. The number of rotatable bonds is 7. The van der Waals surface area contributed by atoms with E-state index in [1.807, 2.05) is 0 Å². The van der Waals surface area contributed by atoms with Crippen molar-refractivity contribution >= 4 is 33.5 Å². The Bertz CT molecular complexity index is 1060. The zero-order valence-electron chi connectivity index (χ0n) is 14.8. The minimum absolute atomic E-state index is 0.0129. The molecule has 0 radical (unpaired) electrons. The van der Waals surface area contributed by atoms with Crippen molar-refractivity contribution in [2.45, 2.75) is 16.7 Å². The Morgan fingerprint density at radius 3 is 2.43 bits per heavy atom. The molecule has 0 bridgehead atoms. The number of carbonyl (C=O) groups is 1. The van der Waals surface area contributed by atoms with Crippen molar-refractivity contribution in [3.8, 4) is 11.5 Å². The molecule has 3 aromatic rings. The molecule has 2 aromatic carbocycles. The molecule has 0 saturated heterocycles. The number of amides is 1. The van der Waals surface area contributed by atoms with E-state index in [1.54, 1.807) is 31.2 Å². The molecule has 1 amide bonds. The van der Waals surface area contributed by atoms with Gasteiger partial charge < -0.3 is 4.42 Å². The molecule has 1 aromatic heterocycles. The first kappa shape index (κ1) is 20.0. The molecule has 0 unspecified atom stereocenters. The maximum atomic E-state index is 12.9. The molecule has 0 aliphatic carbocycles. The van der Waals surface area contributed by atoms with Gasteiger partial charge in [-0.1, -0.05) is 12.0 Å². The number of hydrogen-bond acceptors (Lipinski definition) is 7. The van der Waals surface area contributed by atoms with Gasteiger partial charge in [-0.3, -0.25) is 10.1 Å². The van der Waals surface area contributed by atoms with Gasteiger partial charge in [0.05, 0.1) is 16.4 Å². The summed E-state index contributed by atoms with van der Waals surface area (Å²) in [6.45, 7) is 1.57. The smallest absolute Gasteiger partial charge is 0.322 e. The second-order valence-electron chi connectivity index (χ2n) is 5.63. The van der Waals surface area contributed by atoms with Gasteiger partial charge in [-0.15, -0.1) is 16.9 Å². The van der Waals surface area contributed by atoms with Crippen LogP contribution in [-0.4, -0.2) is 36.0 Å². The Kier molecular flexibility index (Phi) is 6.10. The molecule has 0 fully saturated rings. The molecule has 0 spiro atoms. The lowest BCUT2D eigenvalue weighted by Gasteiger charge is -2.02. The van der Waals surface area contributed by atoms with E-state index < -0.39 is 9.84 Å². The number of carbonyl (C=O) groups excluding carboxylic acids is 1. The zero-order chi connectivity index (χ0) is 20.1. The van der Waals surface area contributed by atoms with Gasteiger partial charge in [0, 0.05) is 10.5 Å². The Morgan fingerprint density at radius 1 is 1.11 bits per heavy atom. The van der Waals surface area contributed by atoms with Crippen LogP contribution in [0.5, 0.6) is 0 Å². The summed E-state index contributed by atoms with van der Waals surface area (Å²) in [5.74, 6) is -0.435. The Labute approximate surface area is 165 Å². The lowest BCUT2D eigenvalue weighted by Crippen LogP contribution is -2.14. The van der Waals surface area contributed by atoms with Gasteiger partial charge in [0.2, 0.25) is 11.8 Å². The van der Waals surface area contributed by atoms with E-state index in [-0.39, 0.29) is 40.0 Å². The van der Waals surface area contributed by atoms with Gasteiger partial charge in [-0.25, -0.2) is 12.8 Å². The summed E-state index contributed by atoms with van der Waals surface area (Å²) in [6, 6.07) is 11.8. The Morgan fingerprint density at radius 2 is 1.79 bits per heavy atom. The number of benzene rings is 2.